The minimum absolute atomic E-state index is 0.120. The van der Waals surface area contributed by atoms with Crippen molar-refractivity contribution >= 4 is 45.1 Å². The van der Waals surface area contributed by atoms with E-state index in [2.05, 4.69) is 15.9 Å². The number of thiophene rings is 1. The van der Waals surface area contributed by atoms with Gasteiger partial charge in [0.15, 0.2) is 0 Å². The molecule has 78 valence electrons. The molecule has 4 amide bonds. The van der Waals surface area contributed by atoms with E-state index in [4.69, 9.17) is 0 Å². The van der Waals surface area contributed by atoms with E-state index in [9.17, 15) is 14.4 Å². The van der Waals surface area contributed by atoms with Crippen molar-refractivity contribution in [1.29, 1.82) is 0 Å². The second-order valence-electron chi connectivity index (χ2n) is 2.84. The van der Waals surface area contributed by atoms with Crippen molar-refractivity contribution in [1.82, 2.24) is 10.2 Å². The first kappa shape index (κ1) is 10.3. The van der Waals surface area contributed by atoms with Crippen LogP contribution in [0.1, 0.15) is 4.88 Å². The predicted molar refractivity (Wildman–Crippen MR) is 56.1 cm³/mol. The maximum Gasteiger partial charge on any atom is 0.331 e. The lowest BCUT2D eigenvalue weighted by Gasteiger charge is -2.09. The number of carbonyl (C=O) groups excluding carboxylic acids is 3. The van der Waals surface area contributed by atoms with Crippen LogP contribution in [0.2, 0.25) is 0 Å². The number of nitrogens with one attached hydrogen (secondary N) is 1. The van der Waals surface area contributed by atoms with Crippen molar-refractivity contribution in [3.8, 4) is 0 Å². The number of carbonyl (C=O) groups is 3. The lowest BCUT2D eigenvalue weighted by Crippen LogP contribution is -2.30. The molecule has 15 heavy (non-hydrogen) atoms. The average Bonchev–Trinajstić information content (AvgIpc) is 2.67. The summed E-state index contributed by atoms with van der Waals surface area (Å²) in [5, 5.41) is 3.77. The van der Waals surface area contributed by atoms with Crippen molar-refractivity contribution in [3.63, 3.8) is 0 Å². The zero-order valence-corrected chi connectivity index (χ0v) is 9.72. The first-order chi connectivity index (χ1) is 7.09. The summed E-state index contributed by atoms with van der Waals surface area (Å²) < 4.78 is 0.826. The third kappa shape index (κ3) is 1.80. The van der Waals surface area contributed by atoms with Gasteiger partial charge in [-0.1, -0.05) is 0 Å². The average molecular weight is 289 g/mol. The minimum atomic E-state index is -0.868. The summed E-state index contributed by atoms with van der Waals surface area (Å²) in [7, 11) is 0. The molecule has 2 heterocycles. The van der Waals surface area contributed by atoms with E-state index in [1.165, 1.54) is 11.3 Å². The molecule has 0 radical (unpaired) electrons. The Morgan fingerprint density at radius 1 is 1.40 bits per heavy atom. The maximum absolute atomic E-state index is 11.2. The van der Waals surface area contributed by atoms with Gasteiger partial charge >= 0.3 is 17.8 Å². The number of amides is 4. The third-order valence-electron chi connectivity index (χ3n) is 1.90. The monoisotopic (exact) mass is 288 g/mol. The van der Waals surface area contributed by atoms with Gasteiger partial charge in [-0.2, -0.15) is 0 Å². The largest absolute Gasteiger partial charge is 0.331 e. The van der Waals surface area contributed by atoms with Gasteiger partial charge in [0.05, 0.1) is 6.54 Å². The summed E-state index contributed by atoms with van der Waals surface area (Å²) in [4.78, 5) is 35.0. The highest BCUT2D eigenvalue weighted by molar-refractivity contribution is 9.10. The van der Waals surface area contributed by atoms with Crippen LogP contribution in [0.25, 0.3) is 0 Å². The van der Waals surface area contributed by atoms with Crippen molar-refractivity contribution in [2.75, 3.05) is 0 Å². The van der Waals surface area contributed by atoms with Crippen molar-refractivity contribution < 1.29 is 14.4 Å². The second kappa shape index (κ2) is 3.74. The normalized spacial score (nSPS) is 16.1. The van der Waals surface area contributed by atoms with Crippen molar-refractivity contribution in [3.05, 3.63) is 20.8 Å². The highest BCUT2D eigenvalue weighted by Gasteiger charge is 2.37. The molecule has 0 aliphatic carbocycles. The number of hydrogen-bond acceptors (Lipinski definition) is 4. The topological polar surface area (TPSA) is 66.5 Å². The lowest BCUT2D eigenvalue weighted by molar-refractivity contribution is -0.140. The molecule has 1 aromatic rings. The molecule has 2 rings (SSSR count). The summed E-state index contributed by atoms with van der Waals surface area (Å²) >= 11 is 4.69. The van der Waals surface area contributed by atoms with Crippen molar-refractivity contribution in [2.45, 2.75) is 6.54 Å². The van der Waals surface area contributed by atoms with Gasteiger partial charge in [0, 0.05) is 9.35 Å². The van der Waals surface area contributed by atoms with Gasteiger partial charge in [-0.15, -0.1) is 11.3 Å². The Morgan fingerprint density at radius 2 is 2.13 bits per heavy atom. The van der Waals surface area contributed by atoms with E-state index in [1.54, 1.807) is 0 Å². The first-order valence-electron chi connectivity index (χ1n) is 3.98. The molecule has 7 heteroatoms. The van der Waals surface area contributed by atoms with E-state index in [0.717, 1.165) is 14.2 Å². The summed E-state index contributed by atoms with van der Waals surface area (Å²) in [5.41, 5.74) is 0. The fourth-order valence-corrected chi connectivity index (χ4v) is 2.62. The van der Waals surface area contributed by atoms with Crippen LogP contribution in [0.3, 0.4) is 0 Å². The number of urea groups is 1. The van der Waals surface area contributed by atoms with Gasteiger partial charge in [0.1, 0.15) is 0 Å². The molecule has 1 N–H and O–H groups in total. The van der Waals surface area contributed by atoms with E-state index in [1.807, 2.05) is 16.8 Å². The fourth-order valence-electron chi connectivity index (χ4n) is 1.16. The molecule has 0 atom stereocenters. The number of nitrogens with zero attached hydrogens (tertiary/aromatic N) is 1. The molecule has 1 aliphatic rings. The SMILES string of the molecule is O=C1NC(=O)N(Cc2sccc2Br)C1=O. The number of halogens is 1. The van der Waals surface area contributed by atoms with Crippen LogP contribution in [0.5, 0.6) is 0 Å². The van der Waals surface area contributed by atoms with E-state index >= 15 is 0 Å². The second-order valence-corrected chi connectivity index (χ2v) is 4.70. The zero-order chi connectivity index (χ0) is 11.0. The van der Waals surface area contributed by atoms with Crippen molar-refractivity contribution in [2.24, 2.45) is 0 Å². The maximum atomic E-state index is 11.2. The Kier molecular flexibility index (Phi) is 2.57. The van der Waals surface area contributed by atoms with Crippen LogP contribution in [-0.4, -0.2) is 22.7 Å². The molecule has 0 spiro atoms. The standard InChI is InChI=1S/C8H5BrN2O3S/c9-4-1-2-15-5(4)3-11-7(13)6(12)10-8(11)14/h1-2H,3H2,(H,10,12,14). The first-order valence-corrected chi connectivity index (χ1v) is 5.65. The van der Waals surface area contributed by atoms with Gasteiger partial charge in [0.25, 0.3) is 0 Å². The Bertz CT molecular complexity index is 456. The Labute approximate surface area is 97.2 Å². The molecule has 1 saturated heterocycles. The van der Waals surface area contributed by atoms with Gasteiger partial charge in [-0.05, 0) is 27.4 Å². The van der Waals surface area contributed by atoms with E-state index in [-0.39, 0.29) is 6.54 Å². The molecule has 1 aromatic heterocycles. The molecule has 0 bridgehead atoms. The summed E-state index contributed by atoms with van der Waals surface area (Å²) in [6, 6.07) is 1.16. The predicted octanol–water partition coefficient (Wildman–Crippen LogP) is 1.09. The quantitative estimate of drug-likeness (QED) is 0.654. The van der Waals surface area contributed by atoms with Crippen LogP contribution in [0, 0.1) is 0 Å². The molecule has 1 aliphatic heterocycles. The molecular formula is C8H5BrN2O3S. The van der Waals surface area contributed by atoms with E-state index in [0.29, 0.717) is 0 Å². The third-order valence-corrected chi connectivity index (χ3v) is 3.81. The Balaban J connectivity index is 2.20. The molecular weight excluding hydrogens is 284 g/mol. The Hall–Kier alpha value is -1.21. The minimum Gasteiger partial charge on any atom is -0.269 e. The van der Waals surface area contributed by atoms with Gasteiger partial charge in [-0.25, -0.2) is 4.79 Å². The zero-order valence-electron chi connectivity index (χ0n) is 7.32. The highest BCUT2D eigenvalue weighted by Crippen LogP contribution is 2.24. The van der Waals surface area contributed by atoms with Crippen LogP contribution in [-0.2, 0) is 16.1 Å². The lowest BCUT2D eigenvalue weighted by atomic mass is 10.4. The highest BCUT2D eigenvalue weighted by atomic mass is 79.9. The van der Waals surface area contributed by atoms with Crippen LogP contribution >= 0.6 is 27.3 Å². The molecule has 0 saturated carbocycles. The van der Waals surface area contributed by atoms with E-state index < -0.39 is 17.8 Å². The van der Waals surface area contributed by atoms with Crippen LogP contribution < -0.4 is 5.32 Å². The van der Waals surface area contributed by atoms with Gasteiger partial charge < -0.3 is 0 Å². The fraction of sp³-hybridized carbons (Fsp3) is 0.125. The smallest absolute Gasteiger partial charge is 0.269 e. The van der Waals surface area contributed by atoms with Gasteiger partial charge in [0.2, 0.25) is 0 Å². The molecule has 0 unspecified atom stereocenters. The summed E-state index contributed by atoms with van der Waals surface area (Å²) in [6.45, 7) is 0.120. The summed E-state index contributed by atoms with van der Waals surface area (Å²) in [6.07, 6.45) is 0. The number of imide groups is 2. The Morgan fingerprint density at radius 3 is 2.60 bits per heavy atom. The van der Waals surface area contributed by atoms with Gasteiger partial charge in [-0.3, -0.25) is 19.8 Å². The molecule has 5 nitrogen and oxygen atoms in total. The molecule has 0 aromatic carbocycles. The van der Waals surface area contributed by atoms with Crippen LogP contribution in [0.15, 0.2) is 15.9 Å². The molecule has 1 fully saturated rings. The number of rotatable bonds is 2. The summed E-state index contributed by atoms with van der Waals surface area (Å²) in [5.74, 6) is -1.67. The van der Waals surface area contributed by atoms with Crippen LogP contribution in [0.4, 0.5) is 4.79 Å². The number of hydrogen-bond donors (Lipinski definition) is 1.